The lowest BCUT2D eigenvalue weighted by Crippen LogP contribution is -2.17. The number of anilines is 1. The molecule has 0 amide bonds. The summed E-state index contributed by atoms with van der Waals surface area (Å²) in [6.07, 6.45) is 2.85. The number of nitrogens with one attached hydrogen (secondary N) is 1. The number of nitrogens with zero attached hydrogens (tertiary/aromatic N) is 2. The van der Waals surface area contributed by atoms with Crippen molar-refractivity contribution in [1.29, 1.82) is 0 Å². The summed E-state index contributed by atoms with van der Waals surface area (Å²) in [6, 6.07) is 8.13. The van der Waals surface area contributed by atoms with E-state index >= 15 is 0 Å². The Hall–Kier alpha value is -2.14. The molecule has 3 rings (SSSR count). The lowest BCUT2D eigenvalue weighted by molar-refractivity contribution is 0.140. The van der Waals surface area contributed by atoms with Gasteiger partial charge in [-0.1, -0.05) is 12.1 Å². The summed E-state index contributed by atoms with van der Waals surface area (Å²) in [4.78, 5) is 8.58. The fraction of sp³-hybridized carbons (Fsp3) is 0.412. The number of benzene rings is 1. The van der Waals surface area contributed by atoms with Crippen molar-refractivity contribution in [2.45, 2.75) is 32.9 Å². The summed E-state index contributed by atoms with van der Waals surface area (Å²) in [6.45, 7) is 6.10. The molecule has 2 aromatic rings. The molecule has 1 unspecified atom stereocenters. The van der Waals surface area contributed by atoms with Crippen molar-refractivity contribution in [2.75, 3.05) is 18.5 Å². The van der Waals surface area contributed by atoms with Gasteiger partial charge in [0.25, 0.3) is 0 Å². The van der Waals surface area contributed by atoms with Crippen LogP contribution in [-0.2, 0) is 11.3 Å². The van der Waals surface area contributed by atoms with E-state index in [4.69, 9.17) is 9.47 Å². The highest BCUT2D eigenvalue weighted by Gasteiger charge is 2.18. The topological polar surface area (TPSA) is 56.3 Å². The fourth-order valence-electron chi connectivity index (χ4n) is 2.41. The van der Waals surface area contributed by atoms with E-state index in [-0.39, 0.29) is 6.10 Å². The molecule has 116 valence electrons. The summed E-state index contributed by atoms with van der Waals surface area (Å²) < 4.78 is 11.5. The van der Waals surface area contributed by atoms with Crippen LogP contribution >= 0.6 is 0 Å². The number of aryl methyl sites for hydroxylation is 2. The molecule has 1 aromatic heterocycles. The van der Waals surface area contributed by atoms with Gasteiger partial charge in [0.05, 0.1) is 13.2 Å². The summed E-state index contributed by atoms with van der Waals surface area (Å²) in [5, 5.41) is 3.25. The SMILES string of the molecule is Cc1ccc(CNc2nccc(C)n2)c(OC2CCOC2)c1. The van der Waals surface area contributed by atoms with E-state index in [9.17, 15) is 0 Å². The predicted octanol–water partition coefficient (Wildman–Crippen LogP) is 2.87. The normalized spacial score (nSPS) is 17.5. The monoisotopic (exact) mass is 299 g/mol. The van der Waals surface area contributed by atoms with Crippen molar-refractivity contribution >= 4 is 5.95 Å². The smallest absolute Gasteiger partial charge is 0.223 e. The van der Waals surface area contributed by atoms with Crippen molar-refractivity contribution in [1.82, 2.24) is 9.97 Å². The standard InChI is InChI=1S/C17H21N3O2/c1-12-3-4-14(10-19-17-18-7-5-13(2)20-17)16(9-12)22-15-6-8-21-11-15/h3-5,7,9,15H,6,8,10-11H2,1-2H3,(H,18,19,20). The fourth-order valence-corrected chi connectivity index (χ4v) is 2.41. The Labute approximate surface area is 130 Å². The molecular weight excluding hydrogens is 278 g/mol. The van der Waals surface area contributed by atoms with Crippen LogP contribution < -0.4 is 10.1 Å². The first-order chi connectivity index (χ1) is 10.7. The summed E-state index contributed by atoms with van der Waals surface area (Å²) in [5.74, 6) is 1.55. The van der Waals surface area contributed by atoms with E-state index in [0.29, 0.717) is 19.1 Å². The van der Waals surface area contributed by atoms with Crippen molar-refractivity contribution < 1.29 is 9.47 Å². The number of hydrogen-bond donors (Lipinski definition) is 1. The molecule has 5 heteroatoms. The molecule has 0 saturated carbocycles. The molecule has 0 bridgehead atoms. The minimum atomic E-state index is 0.149. The predicted molar refractivity (Wildman–Crippen MR) is 85.1 cm³/mol. The van der Waals surface area contributed by atoms with Crippen LogP contribution in [-0.4, -0.2) is 29.3 Å². The van der Waals surface area contributed by atoms with Crippen molar-refractivity contribution in [3.05, 3.63) is 47.3 Å². The average Bonchev–Trinajstić information content (AvgIpc) is 2.99. The van der Waals surface area contributed by atoms with Gasteiger partial charge in [-0.3, -0.25) is 0 Å². The molecule has 1 aromatic carbocycles. The second-order valence-electron chi connectivity index (χ2n) is 5.59. The largest absolute Gasteiger partial charge is 0.488 e. The third-order valence-corrected chi connectivity index (χ3v) is 3.64. The van der Waals surface area contributed by atoms with E-state index in [1.165, 1.54) is 5.56 Å². The van der Waals surface area contributed by atoms with Gasteiger partial charge in [-0.25, -0.2) is 9.97 Å². The zero-order valence-electron chi connectivity index (χ0n) is 13.0. The molecule has 5 nitrogen and oxygen atoms in total. The van der Waals surface area contributed by atoms with Gasteiger partial charge in [0.15, 0.2) is 0 Å². The Balaban J connectivity index is 1.71. The molecule has 2 heterocycles. The molecule has 22 heavy (non-hydrogen) atoms. The molecule has 1 atom stereocenters. The molecule has 1 fully saturated rings. The zero-order valence-corrected chi connectivity index (χ0v) is 13.0. The molecular formula is C17H21N3O2. The van der Waals surface area contributed by atoms with Gasteiger partial charge in [0, 0.05) is 30.4 Å². The van der Waals surface area contributed by atoms with E-state index in [1.54, 1.807) is 6.20 Å². The van der Waals surface area contributed by atoms with Crippen molar-refractivity contribution in [3.8, 4) is 5.75 Å². The zero-order chi connectivity index (χ0) is 15.4. The van der Waals surface area contributed by atoms with Crippen molar-refractivity contribution in [2.24, 2.45) is 0 Å². The molecule has 0 spiro atoms. The third kappa shape index (κ3) is 3.74. The van der Waals surface area contributed by atoms with Crippen LogP contribution in [0.15, 0.2) is 30.5 Å². The molecule has 1 aliphatic rings. The van der Waals surface area contributed by atoms with Gasteiger partial charge in [-0.2, -0.15) is 0 Å². The van der Waals surface area contributed by atoms with Gasteiger partial charge in [-0.15, -0.1) is 0 Å². The average molecular weight is 299 g/mol. The minimum Gasteiger partial charge on any atom is -0.488 e. The van der Waals surface area contributed by atoms with Gasteiger partial charge >= 0.3 is 0 Å². The molecule has 0 aliphatic carbocycles. The van der Waals surface area contributed by atoms with Crippen LogP contribution in [0, 0.1) is 13.8 Å². The first-order valence-corrected chi connectivity index (χ1v) is 7.58. The highest BCUT2D eigenvalue weighted by Crippen LogP contribution is 2.24. The van der Waals surface area contributed by atoms with E-state index in [2.05, 4.69) is 40.4 Å². The van der Waals surface area contributed by atoms with Gasteiger partial charge < -0.3 is 14.8 Å². The third-order valence-electron chi connectivity index (χ3n) is 3.64. The summed E-state index contributed by atoms with van der Waals surface area (Å²) in [5.41, 5.74) is 3.23. The lowest BCUT2D eigenvalue weighted by atomic mass is 10.1. The van der Waals surface area contributed by atoms with E-state index < -0.39 is 0 Å². The molecule has 0 radical (unpaired) electrons. The van der Waals surface area contributed by atoms with Crippen LogP contribution in [0.4, 0.5) is 5.95 Å². The van der Waals surface area contributed by atoms with Gasteiger partial charge in [0.2, 0.25) is 5.95 Å². The minimum absolute atomic E-state index is 0.149. The number of ether oxygens (including phenoxy) is 2. The Morgan fingerprint density at radius 1 is 1.32 bits per heavy atom. The van der Waals surface area contributed by atoms with Gasteiger partial charge in [-0.05, 0) is 31.5 Å². The molecule has 1 N–H and O–H groups in total. The lowest BCUT2D eigenvalue weighted by Gasteiger charge is -2.16. The number of hydrogen-bond acceptors (Lipinski definition) is 5. The Bertz CT molecular complexity index is 640. The van der Waals surface area contributed by atoms with Crippen LogP contribution in [0.3, 0.4) is 0 Å². The molecule has 1 saturated heterocycles. The summed E-state index contributed by atoms with van der Waals surface area (Å²) in [7, 11) is 0. The number of aromatic nitrogens is 2. The van der Waals surface area contributed by atoms with E-state index in [0.717, 1.165) is 30.0 Å². The first kappa shape index (κ1) is 14.8. The second kappa shape index (κ2) is 6.75. The Morgan fingerprint density at radius 3 is 3.00 bits per heavy atom. The maximum absolute atomic E-state index is 6.09. The number of rotatable bonds is 5. The Kier molecular flexibility index (Phi) is 4.53. The molecule has 1 aliphatic heterocycles. The van der Waals surface area contributed by atoms with Gasteiger partial charge in [0.1, 0.15) is 11.9 Å². The van der Waals surface area contributed by atoms with E-state index in [1.807, 2.05) is 13.0 Å². The van der Waals surface area contributed by atoms with Crippen LogP contribution in [0.1, 0.15) is 23.2 Å². The van der Waals surface area contributed by atoms with Crippen molar-refractivity contribution in [3.63, 3.8) is 0 Å². The van der Waals surface area contributed by atoms with Crippen LogP contribution in [0.5, 0.6) is 5.75 Å². The van der Waals surface area contributed by atoms with Crippen LogP contribution in [0.2, 0.25) is 0 Å². The van der Waals surface area contributed by atoms with Crippen LogP contribution in [0.25, 0.3) is 0 Å². The maximum atomic E-state index is 6.09. The highest BCUT2D eigenvalue weighted by atomic mass is 16.5. The highest BCUT2D eigenvalue weighted by molar-refractivity contribution is 5.40. The summed E-state index contributed by atoms with van der Waals surface area (Å²) >= 11 is 0. The first-order valence-electron chi connectivity index (χ1n) is 7.58. The maximum Gasteiger partial charge on any atom is 0.223 e. The quantitative estimate of drug-likeness (QED) is 0.920. The second-order valence-corrected chi connectivity index (χ2v) is 5.59. The Morgan fingerprint density at radius 2 is 2.23 bits per heavy atom.